The van der Waals surface area contributed by atoms with Gasteiger partial charge in [-0.25, -0.2) is 0 Å². The number of hydrogen-bond donors (Lipinski definition) is 1. The molecule has 1 saturated heterocycles. The summed E-state index contributed by atoms with van der Waals surface area (Å²) < 4.78 is 5.47. The van der Waals surface area contributed by atoms with E-state index >= 15 is 0 Å². The summed E-state index contributed by atoms with van der Waals surface area (Å²) in [7, 11) is 0. The summed E-state index contributed by atoms with van der Waals surface area (Å²) in [6.07, 6.45) is 1.75. The Kier molecular flexibility index (Phi) is 2.87. The van der Waals surface area contributed by atoms with E-state index in [9.17, 15) is 0 Å². The van der Waals surface area contributed by atoms with Crippen LogP contribution in [0.2, 0.25) is 0 Å². The highest BCUT2D eigenvalue weighted by atomic mass is 16.3. The van der Waals surface area contributed by atoms with Gasteiger partial charge in [-0.3, -0.25) is 4.90 Å². The van der Waals surface area contributed by atoms with E-state index in [0.29, 0.717) is 6.04 Å². The largest absolute Gasteiger partial charge is 0.464 e. The highest BCUT2D eigenvalue weighted by Crippen LogP contribution is 2.25. The van der Waals surface area contributed by atoms with Crippen molar-refractivity contribution in [2.24, 2.45) is 0 Å². The molecule has 1 aromatic heterocycles. The van der Waals surface area contributed by atoms with Crippen molar-refractivity contribution in [1.29, 1.82) is 0 Å². The summed E-state index contributed by atoms with van der Waals surface area (Å²) in [5, 5.41) is 4.57. The van der Waals surface area contributed by atoms with Crippen molar-refractivity contribution in [3.05, 3.63) is 36.1 Å². The number of hydrogen-bond acceptors (Lipinski definition) is 3. The van der Waals surface area contributed by atoms with Crippen LogP contribution in [0.15, 0.2) is 34.9 Å². The van der Waals surface area contributed by atoms with Crippen LogP contribution in [-0.4, -0.2) is 31.1 Å². The summed E-state index contributed by atoms with van der Waals surface area (Å²) >= 11 is 0. The first-order valence-corrected chi connectivity index (χ1v) is 6.26. The molecule has 0 spiro atoms. The van der Waals surface area contributed by atoms with Gasteiger partial charge in [0.15, 0.2) is 0 Å². The van der Waals surface area contributed by atoms with Crippen molar-refractivity contribution in [3.8, 4) is 0 Å². The average Bonchev–Trinajstić information content (AvgIpc) is 2.86. The zero-order valence-electron chi connectivity index (χ0n) is 10.1. The van der Waals surface area contributed by atoms with Crippen molar-refractivity contribution in [1.82, 2.24) is 10.2 Å². The third-order valence-corrected chi connectivity index (χ3v) is 3.66. The normalized spacial score (nSPS) is 19.6. The summed E-state index contributed by atoms with van der Waals surface area (Å²) in [5.74, 6) is 0. The minimum absolute atomic E-state index is 0.464. The monoisotopic (exact) mass is 230 g/mol. The molecule has 1 unspecified atom stereocenters. The van der Waals surface area contributed by atoms with Crippen molar-refractivity contribution >= 4 is 11.0 Å². The number of furan rings is 1. The lowest BCUT2D eigenvalue weighted by Crippen LogP contribution is -2.44. The molecule has 17 heavy (non-hydrogen) atoms. The highest BCUT2D eigenvalue weighted by Gasteiger charge is 2.18. The van der Waals surface area contributed by atoms with Crippen LogP contribution < -0.4 is 5.32 Å². The minimum atomic E-state index is 0.464. The first-order valence-electron chi connectivity index (χ1n) is 6.26. The van der Waals surface area contributed by atoms with E-state index in [-0.39, 0.29) is 0 Å². The third-order valence-electron chi connectivity index (χ3n) is 3.66. The van der Waals surface area contributed by atoms with E-state index in [0.717, 1.165) is 31.8 Å². The Bertz CT molecular complexity index is 500. The second kappa shape index (κ2) is 4.51. The molecule has 0 bridgehead atoms. The maximum atomic E-state index is 5.47. The van der Waals surface area contributed by atoms with Crippen LogP contribution in [0.25, 0.3) is 11.0 Å². The summed E-state index contributed by atoms with van der Waals surface area (Å²) in [5.41, 5.74) is 2.33. The van der Waals surface area contributed by atoms with E-state index in [2.05, 4.69) is 35.3 Å². The molecular formula is C14H18N2O. The number of benzene rings is 1. The van der Waals surface area contributed by atoms with Gasteiger partial charge in [-0.2, -0.15) is 0 Å². The average molecular weight is 230 g/mol. The Morgan fingerprint density at radius 2 is 2.06 bits per heavy atom. The van der Waals surface area contributed by atoms with E-state index in [1.807, 2.05) is 6.07 Å². The van der Waals surface area contributed by atoms with E-state index in [1.54, 1.807) is 6.26 Å². The molecule has 1 aliphatic rings. The second-order valence-electron chi connectivity index (χ2n) is 4.68. The summed E-state index contributed by atoms with van der Waals surface area (Å²) in [4.78, 5) is 2.51. The Morgan fingerprint density at radius 1 is 1.24 bits per heavy atom. The molecule has 3 rings (SSSR count). The molecule has 0 radical (unpaired) electrons. The Labute approximate surface area is 101 Å². The SMILES string of the molecule is CC(c1ccc2ccoc2c1)N1CCNCC1. The molecule has 0 aliphatic carbocycles. The van der Waals surface area contributed by atoms with E-state index < -0.39 is 0 Å². The number of nitrogens with one attached hydrogen (secondary N) is 1. The van der Waals surface area contributed by atoms with Crippen LogP contribution in [0.3, 0.4) is 0 Å². The molecule has 1 aromatic carbocycles. The van der Waals surface area contributed by atoms with Gasteiger partial charge in [-0.1, -0.05) is 12.1 Å². The first kappa shape index (κ1) is 10.8. The van der Waals surface area contributed by atoms with Crippen LogP contribution in [0, 0.1) is 0 Å². The van der Waals surface area contributed by atoms with Gasteiger partial charge in [0, 0.05) is 37.6 Å². The quantitative estimate of drug-likeness (QED) is 0.858. The van der Waals surface area contributed by atoms with Gasteiger partial charge < -0.3 is 9.73 Å². The number of rotatable bonds is 2. The fourth-order valence-electron chi connectivity index (χ4n) is 2.51. The standard InChI is InChI=1S/C14H18N2O/c1-11(16-7-5-15-6-8-16)13-3-2-12-4-9-17-14(12)10-13/h2-4,9-11,15H,5-8H2,1H3. The minimum Gasteiger partial charge on any atom is -0.464 e. The van der Waals surface area contributed by atoms with Gasteiger partial charge in [0.25, 0.3) is 0 Å². The molecule has 3 nitrogen and oxygen atoms in total. The maximum Gasteiger partial charge on any atom is 0.134 e. The molecule has 1 fully saturated rings. The highest BCUT2D eigenvalue weighted by molar-refractivity contribution is 5.77. The molecule has 2 aromatic rings. The van der Waals surface area contributed by atoms with Gasteiger partial charge in [0.2, 0.25) is 0 Å². The van der Waals surface area contributed by atoms with Crippen LogP contribution in [-0.2, 0) is 0 Å². The van der Waals surface area contributed by atoms with Crippen LogP contribution in [0.5, 0.6) is 0 Å². The Hall–Kier alpha value is -1.32. The van der Waals surface area contributed by atoms with Gasteiger partial charge in [-0.05, 0) is 24.6 Å². The molecule has 3 heteroatoms. The third kappa shape index (κ3) is 2.08. The molecular weight excluding hydrogens is 212 g/mol. The fourth-order valence-corrected chi connectivity index (χ4v) is 2.51. The topological polar surface area (TPSA) is 28.4 Å². The van der Waals surface area contributed by atoms with Crippen molar-refractivity contribution in [3.63, 3.8) is 0 Å². The molecule has 0 amide bonds. The second-order valence-corrected chi connectivity index (χ2v) is 4.68. The predicted octanol–water partition coefficient (Wildman–Crippen LogP) is 2.40. The lowest BCUT2D eigenvalue weighted by Gasteiger charge is -2.33. The molecule has 0 saturated carbocycles. The van der Waals surface area contributed by atoms with Gasteiger partial charge >= 0.3 is 0 Å². The lowest BCUT2D eigenvalue weighted by atomic mass is 10.0. The summed E-state index contributed by atoms with van der Waals surface area (Å²) in [6.45, 7) is 6.70. The molecule has 2 heterocycles. The van der Waals surface area contributed by atoms with E-state index in [1.165, 1.54) is 10.9 Å². The zero-order valence-corrected chi connectivity index (χ0v) is 10.1. The number of fused-ring (bicyclic) bond motifs is 1. The molecule has 1 atom stereocenters. The Balaban J connectivity index is 1.86. The zero-order chi connectivity index (χ0) is 11.7. The summed E-state index contributed by atoms with van der Waals surface area (Å²) in [6, 6.07) is 9.00. The van der Waals surface area contributed by atoms with Crippen LogP contribution in [0.1, 0.15) is 18.5 Å². The van der Waals surface area contributed by atoms with Crippen molar-refractivity contribution in [2.75, 3.05) is 26.2 Å². The molecule has 1 N–H and O–H groups in total. The maximum absolute atomic E-state index is 5.47. The smallest absolute Gasteiger partial charge is 0.134 e. The number of piperazine rings is 1. The van der Waals surface area contributed by atoms with Gasteiger partial charge in [-0.15, -0.1) is 0 Å². The van der Waals surface area contributed by atoms with Gasteiger partial charge in [0.05, 0.1) is 6.26 Å². The van der Waals surface area contributed by atoms with Crippen LogP contribution in [0.4, 0.5) is 0 Å². The fraction of sp³-hybridized carbons (Fsp3) is 0.429. The predicted molar refractivity (Wildman–Crippen MR) is 69.1 cm³/mol. The van der Waals surface area contributed by atoms with E-state index in [4.69, 9.17) is 4.42 Å². The van der Waals surface area contributed by atoms with Crippen molar-refractivity contribution in [2.45, 2.75) is 13.0 Å². The molecule has 1 aliphatic heterocycles. The first-order chi connectivity index (χ1) is 8.34. The Morgan fingerprint density at radius 3 is 2.88 bits per heavy atom. The lowest BCUT2D eigenvalue weighted by molar-refractivity contribution is 0.185. The number of nitrogens with zero attached hydrogens (tertiary/aromatic N) is 1. The van der Waals surface area contributed by atoms with Gasteiger partial charge in [0.1, 0.15) is 5.58 Å². The van der Waals surface area contributed by atoms with Crippen LogP contribution >= 0.6 is 0 Å². The molecule has 90 valence electrons. The van der Waals surface area contributed by atoms with Crippen molar-refractivity contribution < 1.29 is 4.42 Å².